The van der Waals surface area contributed by atoms with Crippen molar-refractivity contribution in [2.45, 2.75) is 58.2 Å². The standard InChI is InChI=1S/C19H28N4O3/c24-18(9-14-3-2-8-26-13-14)20-11-16-10-17-12-22(6-7-23(17)21-16)19(25)15-4-1-5-15/h10,14-15H,1-9,11-13H2,(H,20,24)/t14-/m0/s1. The van der Waals surface area contributed by atoms with E-state index in [2.05, 4.69) is 10.4 Å². The average molecular weight is 360 g/mol. The minimum absolute atomic E-state index is 0.0632. The van der Waals surface area contributed by atoms with E-state index in [4.69, 9.17) is 4.74 Å². The minimum Gasteiger partial charge on any atom is -0.381 e. The van der Waals surface area contributed by atoms with Crippen molar-refractivity contribution in [2.24, 2.45) is 11.8 Å². The quantitative estimate of drug-likeness (QED) is 0.862. The van der Waals surface area contributed by atoms with Crippen molar-refractivity contribution in [3.8, 4) is 0 Å². The summed E-state index contributed by atoms with van der Waals surface area (Å²) in [5, 5.41) is 7.56. The lowest BCUT2D eigenvalue weighted by atomic mass is 9.84. The predicted octanol–water partition coefficient (Wildman–Crippen LogP) is 1.46. The Bertz CT molecular complexity index is 662. The Morgan fingerprint density at radius 2 is 2.12 bits per heavy atom. The Morgan fingerprint density at radius 1 is 1.23 bits per heavy atom. The number of fused-ring (bicyclic) bond motifs is 1. The number of ether oxygens (including phenoxy) is 1. The van der Waals surface area contributed by atoms with E-state index in [0.717, 1.165) is 56.8 Å². The lowest BCUT2D eigenvalue weighted by Crippen LogP contribution is -2.43. The van der Waals surface area contributed by atoms with Crippen molar-refractivity contribution in [3.63, 3.8) is 0 Å². The van der Waals surface area contributed by atoms with E-state index in [9.17, 15) is 9.59 Å². The second-order valence-electron chi connectivity index (χ2n) is 7.80. The first-order valence-electron chi connectivity index (χ1n) is 9.88. The molecule has 3 heterocycles. The maximum Gasteiger partial charge on any atom is 0.226 e. The zero-order chi connectivity index (χ0) is 17.9. The van der Waals surface area contributed by atoms with Crippen molar-refractivity contribution in [1.29, 1.82) is 0 Å². The zero-order valence-electron chi connectivity index (χ0n) is 15.3. The summed E-state index contributed by atoms with van der Waals surface area (Å²) in [6.45, 7) is 4.06. The largest absolute Gasteiger partial charge is 0.381 e. The van der Waals surface area contributed by atoms with Crippen LogP contribution in [0.2, 0.25) is 0 Å². The second kappa shape index (κ2) is 7.78. The molecular formula is C19H28N4O3. The molecule has 4 rings (SSSR count). The molecule has 0 aromatic carbocycles. The molecule has 2 aliphatic heterocycles. The van der Waals surface area contributed by atoms with Crippen molar-refractivity contribution in [2.75, 3.05) is 19.8 Å². The van der Waals surface area contributed by atoms with Gasteiger partial charge in [-0.15, -0.1) is 0 Å². The molecule has 2 amide bonds. The van der Waals surface area contributed by atoms with Crippen LogP contribution >= 0.6 is 0 Å². The summed E-state index contributed by atoms with van der Waals surface area (Å²) >= 11 is 0. The van der Waals surface area contributed by atoms with E-state index in [1.807, 2.05) is 15.6 Å². The van der Waals surface area contributed by atoms with Gasteiger partial charge in [0.15, 0.2) is 0 Å². The summed E-state index contributed by atoms with van der Waals surface area (Å²) in [5.41, 5.74) is 1.93. The Hall–Kier alpha value is -1.89. The molecule has 1 aliphatic carbocycles. The third-order valence-electron chi connectivity index (χ3n) is 5.81. The summed E-state index contributed by atoms with van der Waals surface area (Å²) in [4.78, 5) is 26.5. The smallest absolute Gasteiger partial charge is 0.226 e. The molecule has 0 radical (unpaired) electrons. The van der Waals surface area contributed by atoms with E-state index in [0.29, 0.717) is 37.9 Å². The number of hydrogen-bond acceptors (Lipinski definition) is 4. The van der Waals surface area contributed by atoms with Crippen LogP contribution in [0.5, 0.6) is 0 Å². The summed E-state index contributed by atoms with van der Waals surface area (Å²) in [6.07, 6.45) is 5.89. The molecule has 1 saturated carbocycles. The molecule has 3 aliphatic rings. The van der Waals surface area contributed by atoms with E-state index < -0.39 is 0 Å². The molecule has 1 atom stereocenters. The molecule has 142 valence electrons. The second-order valence-corrected chi connectivity index (χ2v) is 7.80. The molecule has 0 unspecified atom stereocenters. The number of nitrogens with one attached hydrogen (secondary N) is 1. The Labute approximate surface area is 154 Å². The first kappa shape index (κ1) is 17.5. The molecule has 0 bridgehead atoms. The van der Waals surface area contributed by atoms with Gasteiger partial charge in [0, 0.05) is 32.1 Å². The fourth-order valence-electron chi connectivity index (χ4n) is 4.01. The summed E-state index contributed by atoms with van der Waals surface area (Å²) in [7, 11) is 0. The van der Waals surface area contributed by atoms with Gasteiger partial charge >= 0.3 is 0 Å². The highest BCUT2D eigenvalue weighted by atomic mass is 16.5. The van der Waals surface area contributed by atoms with Crippen molar-refractivity contribution in [1.82, 2.24) is 20.0 Å². The summed E-state index contributed by atoms with van der Waals surface area (Å²) < 4.78 is 7.40. The number of aromatic nitrogens is 2. The lowest BCUT2D eigenvalue weighted by Gasteiger charge is -2.34. The van der Waals surface area contributed by atoms with Gasteiger partial charge in [-0.2, -0.15) is 5.10 Å². The van der Waals surface area contributed by atoms with Crippen LogP contribution in [0.3, 0.4) is 0 Å². The normalized spacial score (nSPS) is 23.2. The van der Waals surface area contributed by atoms with Gasteiger partial charge in [0.25, 0.3) is 0 Å². The molecule has 7 nitrogen and oxygen atoms in total. The first-order valence-corrected chi connectivity index (χ1v) is 9.88. The van der Waals surface area contributed by atoms with Crippen LogP contribution in [0, 0.1) is 11.8 Å². The van der Waals surface area contributed by atoms with Gasteiger partial charge in [-0.3, -0.25) is 14.3 Å². The molecule has 2 fully saturated rings. The SMILES string of the molecule is O=C(C[C@@H]1CCCOC1)NCc1cc2n(n1)CCN(C(=O)C1CCC1)C2. The highest BCUT2D eigenvalue weighted by molar-refractivity contribution is 5.79. The van der Waals surface area contributed by atoms with Crippen LogP contribution in [-0.2, 0) is 34.0 Å². The number of carbonyl (C=O) groups excluding carboxylic acids is 2. The summed E-state index contributed by atoms with van der Waals surface area (Å²) in [5.74, 6) is 0.943. The fourth-order valence-corrected chi connectivity index (χ4v) is 4.01. The fraction of sp³-hybridized carbons (Fsp3) is 0.737. The van der Waals surface area contributed by atoms with Crippen molar-refractivity contribution < 1.29 is 14.3 Å². The molecule has 1 aromatic heterocycles. The maximum absolute atomic E-state index is 12.4. The van der Waals surface area contributed by atoms with Crippen LogP contribution < -0.4 is 5.32 Å². The molecule has 1 N–H and O–H groups in total. The zero-order valence-corrected chi connectivity index (χ0v) is 15.3. The van der Waals surface area contributed by atoms with Gasteiger partial charge in [0.05, 0.1) is 31.0 Å². The van der Waals surface area contributed by atoms with Crippen LogP contribution in [0.25, 0.3) is 0 Å². The highest BCUT2D eigenvalue weighted by Crippen LogP contribution is 2.29. The average Bonchev–Trinajstić information content (AvgIpc) is 3.01. The third-order valence-corrected chi connectivity index (χ3v) is 5.81. The Kier molecular flexibility index (Phi) is 5.24. The molecular weight excluding hydrogens is 332 g/mol. The van der Waals surface area contributed by atoms with E-state index in [-0.39, 0.29) is 11.8 Å². The van der Waals surface area contributed by atoms with Gasteiger partial charge in [0.2, 0.25) is 11.8 Å². The molecule has 7 heteroatoms. The highest BCUT2D eigenvalue weighted by Gasteiger charge is 2.31. The van der Waals surface area contributed by atoms with Crippen LogP contribution in [0.15, 0.2) is 6.07 Å². The number of rotatable bonds is 5. The number of carbonyl (C=O) groups is 2. The molecule has 1 saturated heterocycles. The van der Waals surface area contributed by atoms with Gasteiger partial charge < -0.3 is 15.0 Å². The molecule has 26 heavy (non-hydrogen) atoms. The molecule has 0 spiro atoms. The van der Waals surface area contributed by atoms with Crippen LogP contribution in [-0.4, -0.2) is 46.3 Å². The van der Waals surface area contributed by atoms with Crippen molar-refractivity contribution >= 4 is 11.8 Å². The third kappa shape index (κ3) is 3.92. The van der Waals surface area contributed by atoms with Gasteiger partial charge in [0.1, 0.15) is 0 Å². The van der Waals surface area contributed by atoms with Crippen LogP contribution in [0.4, 0.5) is 0 Å². The minimum atomic E-state index is 0.0632. The lowest BCUT2D eigenvalue weighted by molar-refractivity contribution is -0.139. The van der Waals surface area contributed by atoms with Gasteiger partial charge in [-0.25, -0.2) is 0 Å². The Morgan fingerprint density at radius 3 is 2.85 bits per heavy atom. The number of amides is 2. The van der Waals surface area contributed by atoms with E-state index >= 15 is 0 Å². The van der Waals surface area contributed by atoms with E-state index in [1.165, 1.54) is 6.42 Å². The first-order chi connectivity index (χ1) is 12.7. The van der Waals surface area contributed by atoms with Gasteiger partial charge in [-0.05, 0) is 37.7 Å². The predicted molar refractivity (Wildman–Crippen MR) is 95.0 cm³/mol. The van der Waals surface area contributed by atoms with Crippen molar-refractivity contribution in [3.05, 3.63) is 17.5 Å². The summed E-state index contributed by atoms with van der Waals surface area (Å²) in [6, 6.07) is 2.02. The van der Waals surface area contributed by atoms with Crippen LogP contribution in [0.1, 0.15) is 49.9 Å². The monoisotopic (exact) mass is 360 g/mol. The number of hydrogen-bond donors (Lipinski definition) is 1. The molecule has 1 aromatic rings. The van der Waals surface area contributed by atoms with Gasteiger partial charge in [-0.1, -0.05) is 6.42 Å². The number of nitrogens with zero attached hydrogens (tertiary/aromatic N) is 3. The topological polar surface area (TPSA) is 76.5 Å². The Balaban J connectivity index is 1.27. The maximum atomic E-state index is 12.4. The van der Waals surface area contributed by atoms with E-state index in [1.54, 1.807) is 0 Å².